The van der Waals surface area contributed by atoms with E-state index in [1.165, 1.54) is 16.9 Å². The van der Waals surface area contributed by atoms with Gasteiger partial charge in [-0.25, -0.2) is 0 Å². The zero-order chi connectivity index (χ0) is 10.8. The lowest BCUT2D eigenvalue weighted by atomic mass is 10.0. The van der Waals surface area contributed by atoms with Crippen LogP contribution in [-0.2, 0) is 0 Å². The Hall–Kier alpha value is -1.49. The van der Waals surface area contributed by atoms with Gasteiger partial charge in [0, 0.05) is 6.20 Å². The van der Waals surface area contributed by atoms with Crippen LogP contribution in [0, 0.1) is 0 Å². The molecule has 0 radical (unpaired) electrons. The molecular formula is C10H12N4S. The molecule has 0 atom stereocenters. The van der Waals surface area contributed by atoms with Gasteiger partial charge in [-0.1, -0.05) is 31.3 Å². The fourth-order valence-electron chi connectivity index (χ4n) is 1.39. The van der Waals surface area contributed by atoms with Crippen molar-refractivity contribution < 1.29 is 0 Å². The van der Waals surface area contributed by atoms with E-state index in [2.05, 4.69) is 35.1 Å². The van der Waals surface area contributed by atoms with Gasteiger partial charge in [0.1, 0.15) is 5.69 Å². The molecular weight excluding hydrogens is 208 g/mol. The molecule has 2 rings (SSSR count). The smallest absolute Gasteiger partial charge is 0.203 e. The van der Waals surface area contributed by atoms with Crippen LogP contribution in [0.4, 0.5) is 5.13 Å². The van der Waals surface area contributed by atoms with E-state index in [4.69, 9.17) is 5.73 Å². The molecule has 0 aromatic carbocycles. The third kappa shape index (κ3) is 1.97. The molecule has 2 aromatic rings. The zero-order valence-electron chi connectivity index (χ0n) is 8.64. The molecule has 2 heterocycles. The van der Waals surface area contributed by atoms with Crippen LogP contribution in [0.2, 0.25) is 0 Å². The molecule has 0 aliphatic heterocycles. The maximum atomic E-state index is 5.56. The van der Waals surface area contributed by atoms with Crippen LogP contribution in [0.1, 0.15) is 25.3 Å². The van der Waals surface area contributed by atoms with Crippen LogP contribution in [0.3, 0.4) is 0 Å². The average molecular weight is 220 g/mol. The molecule has 0 amide bonds. The number of hydrogen-bond donors (Lipinski definition) is 1. The summed E-state index contributed by atoms with van der Waals surface area (Å²) in [5.41, 5.74) is 7.62. The summed E-state index contributed by atoms with van der Waals surface area (Å²) in [5, 5.41) is 9.08. The van der Waals surface area contributed by atoms with Crippen molar-refractivity contribution in [3.05, 3.63) is 23.9 Å². The number of rotatable bonds is 2. The summed E-state index contributed by atoms with van der Waals surface area (Å²) in [4.78, 5) is 4.34. The van der Waals surface area contributed by atoms with Gasteiger partial charge in [0.25, 0.3) is 0 Å². The molecule has 0 fully saturated rings. The van der Waals surface area contributed by atoms with Crippen molar-refractivity contribution >= 4 is 16.5 Å². The molecule has 0 aliphatic rings. The Morgan fingerprint density at radius 3 is 2.73 bits per heavy atom. The van der Waals surface area contributed by atoms with Crippen molar-refractivity contribution in [3.8, 4) is 10.7 Å². The molecule has 0 bridgehead atoms. The molecule has 2 aromatic heterocycles. The van der Waals surface area contributed by atoms with Gasteiger partial charge in [0.15, 0.2) is 5.01 Å². The molecule has 5 heteroatoms. The molecule has 15 heavy (non-hydrogen) atoms. The van der Waals surface area contributed by atoms with E-state index in [1.54, 1.807) is 6.20 Å². The van der Waals surface area contributed by atoms with Crippen LogP contribution < -0.4 is 5.73 Å². The Morgan fingerprint density at radius 1 is 1.33 bits per heavy atom. The highest BCUT2D eigenvalue weighted by atomic mass is 32.1. The second-order valence-electron chi connectivity index (χ2n) is 3.54. The van der Waals surface area contributed by atoms with Crippen LogP contribution in [0.15, 0.2) is 18.3 Å². The van der Waals surface area contributed by atoms with Crippen LogP contribution in [0.25, 0.3) is 10.7 Å². The maximum Gasteiger partial charge on any atom is 0.203 e. The van der Waals surface area contributed by atoms with E-state index in [0.29, 0.717) is 11.0 Å². The summed E-state index contributed by atoms with van der Waals surface area (Å²) in [5.74, 6) is 0.416. The molecule has 0 spiro atoms. The van der Waals surface area contributed by atoms with Crippen molar-refractivity contribution in [1.29, 1.82) is 0 Å². The van der Waals surface area contributed by atoms with Crippen molar-refractivity contribution in [1.82, 2.24) is 15.2 Å². The third-order valence-corrected chi connectivity index (χ3v) is 2.86. The topological polar surface area (TPSA) is 64.7 Å². The standard InChI is InChI=1S/C10H12N4S/c1-6(2)7-4-3-5-12-8(7)9-13-14-10(11)15-9/h3-6H,1-2H3,(H2,11,14). The number of anilines is 1. The Morgan fingerprint density at radius 2 is 2.13 bits per heavy atom. The highest BCUT2D eigenvalue weighted by molar-refractivity contribution is 7.18. The number of nitrogen functional groups attached to an aromatic ring is 1. The first-order valence-corrected chi connectivity index (χ1v) is 5.54. The summed E-state index contributed by atoms with van der Waals surface area (Å²) < 4.78 is 0. The minimum absolute atomic E-state index is 0.416. The Labute approximate surface area is 92.2 Å². The minimum atomic E-state index is 0.416. The minimum Gasteiger partial charge on any atom is -0.374 e. The summed E-state index contributed by atoms with van der Waals surface area (Å²) >= 11 is 1.37. The molecule has 0 unspecified atom stereocenters. The summed E-state index contributed by atoms with van der Waals surface area (Å²) in [6.45, 7) is 4.26. The van der Waals surface area contributed by atoms with Crippen LogP contribution in [0.5, 0.6) is 0 Å². The van der Waals surface area contributed by atoms with E-state index < -0.39 is 0 Å². The Bertz CT molecular complexity index is 464. The quantitative estimate of drug-likeness (QED) is 0.843. The second kappa shape index (κ2) is 3.94. The highest BCUT2D eigenvalue weighted by Gasteiger charge is 2.12. The lowest BCUT2D eigenvalue weighted by Gasteiger charge is -2.08. The molecule has 0 saturated carbocycles. The number of nitrogens with zero attached hydrogens (tertiary/aromatic N) is 3. The summed E-state index contributed by atoms with van der Waals surface area (Å²) in [7, 11) is 0. The Kier molecular flexibility index (Phi) is 2.64. The van der Waals surface area contributed by atoms with Crippen LogP contribution >= 0.6 is 11.3 Å². The SMILES string of the molecule is CC(C)c1cccnc1-c1nnc(N)s1. The maximum absolute atomic E-state index is 5.56. The van der Waals surface area contributed by atoms with Crippen LogP contribution in [-0.4, -0.2) is 15.2 Å². The number of hydrogen-bond acceptors (Lipinski definition) is 5. The fourth-order valence-corrected chi connectivity index (χ4v) is 2.02. The highest BCUT2D eigenvalue weighted by Crippen LogP contribution is 2.29. The summed E-state index contributed by atoms with van der Waals surface area (Å²) in [6.07, 6.45) is 1.76. The third-order valence-electron chi connectivity index (χ3n) is 2.10. The van der Waals surface area contributed by atoms with Gasteiger partial charge < -0.3 is 5.73 Å². The van der Waals surface area contributed by atoms with E-state index in [-0.39, 0.29) is 0 Å². The predicted octanol–water partition coefficient (Wildman–Crippen LogP) is 2.31. The number of aromatic nitrogens is 3. The molecule has 0 aliphatic carbocycles. The van der Waals surface area contributed by atoms with Gasteiger partial charge in [-0.2, -0.15) is 0 Å². The number of nitrogens with two attached hydrogens (primary N) is 1. The Balaban J connectivity index is 2.52. The van der Waals surface area contributed by atoms with Gasteiger partial charge in [0.05, 0.1) is 0 Å². The zero-order valence-corrected chi connectivity index (χ0v) is 9.45. The molecule has 4 nitrogen and oxygen atoms in total. The monoisotopic (exact) mass is 220 g/mol. The van der Waals surface area contributed by atoms with Crippen molar-refractivity contribution in [2.75, 3.05) is 5.73 Å². The first-order chi connectivity index (χ1) is 7.18. The van der Waals surface area contributed by atoms with Crippen molar-refractivity contribution in [2.24, 2.45) is 0 Å². The van der Waals surface area contributed by atoms with Gasteiger partial charge in [-0.15, -0.1) is 10.2 Å². The molecule has 78 valence electrons. The second-order valence-corrected chi connectivity index (χ2v) is 4.55. The lowest BCUT2D eigenvalue weighted by molar-refractivity contribution is 0.860. The fraction of sp³-hybridized carbons (Fsp3) is 0.300. The molecule has 0 saturated heterocycles. The van der Waals surface area contributed by atoms with Gasteiger partial charge in [-0.3, -0.25) is 4.98 Å². The summed E-state index contributed by atoms with van der Waals surface area (Å²) in [6, 6.07) is 3.99. The van der Waals surface area contributed by atoms with E-state index >= 15 is 0 Å². The van der Waals surface area contributed by atoms with E-state index in [1.807, 2.05) is 6.07 Å². The lowest BCUT2D eigenvalue weighted by Crippen LogP contribution is -1.94. The van der Waals surface area contributed by atoms with Gasteiger partial charge >= 0.3 is 0 Å². The van der Waals surface area contributed by atoms with Gasteiger partial charge in [-0.05, 0) is 17.5 Å². The van der Waals surface area contributed by atoms with Crippen molar-refractivity contribution in [2.45, 2.75) is 19.8 Å². The predicted molar refractivity (Wildman–Crippen MR) is 61.6 cm³/mol. The average Bonchev–Trinajstić information content (AvgIpc) is 2.65. The van der Waals surface area contributed by atoms with E-state index in [9.17, 15) is 0 Å². The van der Waals surface area contributed by atoms with Gasteiger partial charge in [0.2, 0.25) is 5.13 Å². The van der Waals surface area contributed by atoms with Crippen molar-refractivity contribution in [3.63, 3.8) is 0 Å². The molecule has 2 N–H and O–H groups in total. The normalized spacial score (nSPS) is 10.9. The van der Waals surface area contributed by atoms with E-state index in [0.717, 1.165) is 10.7 Å². The largest absolute Gasteiger partial charge is 0.374 e. The first kappa shape index (κ1) is 10.0. The first-order valence-electron chi connectivity index (χ1n) is 4.72. The number of pyridine rings is 1.